The van der Waals surface area contributed by atoms with Gasteiger partial charge in [-0.3, -0.25) is 0 Å². The van der Waals surface area contributed by atoms with E-state index in [1.54, 1.807) is 7.11 Å². The molecule has 144 valence electrons. The monoisotopic (exact) mass is 387 g/mol. The van der Waals surface area contributed by atoms with Crippen LogP contribution in [-0.2, 0) is 21.4 Å². The van der Waals surface area contributed by atoms with E-state index in [0.29, 0.717) is 5.75 Å². The lowest BCUT2D eigenvalue weighted by molar-refractivity contribution is 0.0417. The Morgan fingerprint density at radius 1 is 0.963 bits per heavy atom. The number of carbonyl (C=O) groups excluding carboxylic acids is 1. The maximum Gasteiger partial charge on any atom is 0.514 e. The molecule has 5 heteroatoms. The quantitative estimate of drug-likeness (QED) is 0.381. The largest absolute Gasteiger partial charge is 0.514 e. The normalized spacial score (nSPS) is 15.8. The Balaban J connectivity index is 1.50. The third-order valence-electron chi connectivity index (χ3n) is 4.78. The Kier molecular flexibility index (Phi) is 7.04. The summed E-state index contributed by atoms with van der Waals surface area (Å²) in [7, 11) is 1.77. The van der Waals surface area contributed by atoms with Crippen LogP contribution in [0.15, 0.2) is 53.4 Å². The first kappa shape index (κ1) is 19.6. The topological polar surface area (TPSA) is 44.8 Å². The van der Waals surface area contributed by atoms with Crippen molar-refractivity contribution in [2.45, 2.75) is 48.9 Å². The van der Waals surface area contributed by atoms with Gasteiger partial charge in [0.25, 0.3) is 0 Å². The Bertz CT molecular complexity index is 721. The second kappa shape index (κ2) is 9.70. The van der Waals surface area contributed by atoms with Gasteiger partial charge < -0.3 is 14.2 Å². The van der Waals surface area contributed by atoms with Crippen LogP contribution in [0.5, 0.6) is 11.5 Å². The van der Waals surface area contributed by atoms with E-state index in [1.807, 2.05) is 36.4 Å². The molecule has 0 heterocycles. The minimum absolute atomic E-state index is 0.0112. The Morgan fingerprint density at radius 3 is 2.22 bits per heavy atom. The molecule has 0 N–H and O–H groups in total. The highest BCUT2D eigenvalue weighted by Gasteiger charge is 2.19. The third-order valence-corrected chi connectivity index (χ3v) is 6.63. The minimum Gasteiger partial charge on any atom is -0.497 e. The van der Waals surface area contributed by atoms with Crippen LogP contribution < -0.4 is 9.47 Å². The SMILES string of the molecule is COc1ccc([S+](C)Cc2ccc(OC(=O)OC3CCCCC3)cc2)cc1. The molecule has 0 bridgehead atoms. The molecule has 1 fully saturated rings. The van der Waals surface area contributed by atoms with Crippen molar-refractivity contribution >= 4 is 17.1 Å². The molecule has 1 unspecified atom stereocenters. The van der Waals surface area contributed by atoms with Crippen LogP contribution in [0.2, 0.25) is 0 Å². The molecule has 0 radical (unpaired) electrons. The first-order chi connectivity index (χ1) is 13.1. The van der Waals surface area contributed by atoms with Crippen LogP contribution in [0.4, 0.5) is 4.79 Å². The summed E-state index contributed by atoms with van der Waals surface area (Å²) in [5.41, 5.74) is 1.21. The number of carbonyl (C=O) groups is 1. The highest BCUT2D eigenvalue weighted by Crippen LogP contribution is 2.23. The molecule has 2 aromatic carbocycles. The molecule has 0 spiro atoms. The molecule has 3 rings (SSSR count). The molecule has 0 aromatic heterocycles. The molecule has 2 aromatic rings. The lowest BCUT2D eigenvalue weighted by Gasteiger charge is -2.21. The predicted molar refractivity (Wildman–Crippen MR) is 109 cm³/mol. The number of hydrogen-bond donors (Lipinski definition) is 0. The van der Waals surface area contributed by atoms with E-state index in [2.05, 4.69) is 18.4 Å². The fraction of sp³-hybridized carbons (Fsp3) is 0.409. The predicted octanol–water partition coefficient (Wildman–Crippen LogP) is 5.35. The molecular formula is C22H27O4S+. The van der Waals surface area contributed by atoms with E-state index in [1.165, 1.54) is 16.9 Å². The molecule has 1 saturated carbocycles. The van der Waals surface area contributed by atoms with E-state index in [9.17, 15) is 4.79 Å². The summed E-state index contributed by atoms with van der Waals surface area (Å²) in [6.45, 7) is 0. The van der Waals surface area contributed by atoms with E-state index in [4.69, 9.17) is 14.2 Å². The van der Waals surface area contributed by atoms with Gasteiger partial charge in [0, 0.05) is 16.5 Å². The van der Waals surface area contributed by atoms with Crippen LogP contribution in [-0.4, -0.2) is 25.6 Å². The van der Waals surface area contributed by atoms with Gasteiger partial charge in [0.2, 0.25) is 0 Å². The summed E-state index contributed by atoms with van der Waals surface area (Å²) in [5.74, 6) is 2.34. The summed E-state index contributed by atoms with van der Waals surface area (Å²) in [5, 5.41) is 0. The van der Waals surface area contributed by atoms with Crippen LogP contribution in [0.1, 0.15) is 37.7 Å². The first-order valence-electron chi connectivity index (χ1n) is 9.38. The Labute approximate surface area is 164 Å². The molecule has 0 aliphatic heterocycles. The van der Waals surface area contributed by atoms with Crippen LogP contribution in [0, 0.1) is 0 Å². The van der Waals surface area contributed by atoms with Crippen molar-refractivity contribution < 1.29 is 19.0 Å². The van der Waals surface area contributed by atoms with Crippen molar-refractivity contribution in [2.75, 3.05) is 13.4 Å². The van der Waals surface area contributed by atoms with Crippen LogP contribution >= 0.6 is 0 Å². The van der Waals surface area contributed by atoms with Crippen molar-refractivity contribution in [3.8, 4) is 11.5 Å². The van der Waals surface area contributed by atoms with Gasteiger partial charge >= 0.3 is 6.16 Å². The molecule has 0 saturated heterocycles. The Morgan fingerprint density at radius 2 is 1.59 bits per heavy atom. The van der Waals surface area contributed by atoms with Gasteiger partial charge in [-0.1, -0.05) is 18.6 Å². The summed E-state index contributed by atoms with van der Waals surface area (Å²) >= 11 is 0. The second-order valence-corrected chi connectivity index (χ2v) is 8.87. The Hall–Kier alpha value is -2.14. The zero-order chi connectivity index (χ0) is 19.1. The number of benzene rings is 2. The van der Waals surface area contributed by atoms with E-state index >= 15 is 0 Å². The molecule has 4 nitrogen and oxygen atoms in total. The third kappa shape index (κ3) is 5.93. The maximum atomic E-state index is 11.9. The summed E-state index contributed by atoms with van der Waals surface area (Å²) < 4.78 is 15.9. The molecule has 0 amide bonds. The smallest absolute Gasteiger partial charge is 0.497 e. The van der Waals surface area contributed by atoms with E-state index in [-0.39, 0.29) is 17.0 Å². The lowest BCUT2D eigenvalue weighted by Crippen LogP contribution is -2.23. The number of rotatable bonds is 6. The molecule has 1 aliphatic carbocycles. The van der Waals surface area contributed by atoms with Gasteiger partial charge in [0.05, 0.1) is 7.11 Å². The van der Waals surface area contributed by atoms with Gasteiger partial charge in [0.1, 0.15) is 29.6 Å². The fourth-order valence-electron chi connectivity index (χ4n) is 3.23. The van der Waals surface area contributed by atoms with Gasteiger partial charge in [-0.25, -0.2) is 4.79 Å². The fourth-order valence-corrected chi connectivity index (χ4v) is 4.69. The van der Waals surface area contributed by atoms with Crippen molar-refractivity contribution in [1.29, 1.82) is 0 Å². The second-order valence-electron chi connectivity index (χ2n) is 6.83. The summed E-state index contributed by atoms with van der Waals surface area (Å²) in [4.78, 5) is 13.2. The van der Waals surface area contributed by atoms with Crippen molar-refractivity contribution in [1.82, 2.24) is 0 Å². The van der Waals surface area contributed by atoms with Gasteiger partial charge in [-0.15, -0.1) is 0 Å². The number of hydrogen-bond acceptors (Lipinski definition) is 4. The first-order valence-corrected chi connectivity index (χ1v) is 11.2. The zero-order valence-corrected chi connectivity index (χ0v) is 16.8. The van der Waals surface area contributed by atoms with Crippen LogP contribution in [0.3, 0.4) is 0 Å². The van der Waals surface area contributed by atoms with Gasteiger partial charge in [-0.2, -0.15) is 0 Å². The van der Waals surface area contributed by atoms with Gasteiger partial charge in [-0.05, 0) is 62.1 Å². The summed E-state index contributed by atoms with van der Waals surface area (Å²) in [6.07, 6.45) is 7.01. The molecule has 27 heavy (non-hydrogen) atoms. The highest BCUT2D eigenvalue weighted by molar-refractivity contribution is 7.95. The molecule has 1 atom stereocenters. The van der Waals surface area contributed by atoms with Crippen LogP contribution in [0.25, 0.3) is 0 Å². The standard InChI is InChI=1S/C22H27O4S/c1-24-18-12-14-21(15-13-18)27(2)16-17-8-10-20(11-9-17)26-22(23)25-19-6-4-3-5-7-19/h8-15,19H,3-7,16H2,1-2H3/q+1. The van der Waals surface area contributed by atoms with E-state index in [0.717, 1.165) is 37.2 Å². The molecule has 1 aliphatic rings. The van der Waals surface area contributed by atoms with E-state index < -0.39 is 6.16 Å². The minimum atomic E-state index is -0.594. The maximum absolute atomic E-state index is 11.9. The summed E-state index contributed by atoms with van der Waals surface area (Å²) in [6, 6.07) is 15.9. The average molecular weight is 388 g/mol. The van der Waals surface area contributed by atoms with Crippen molar-refractivity contribution in [3.05, 3.63) is 54.1 Å². The number of ether oxygens (including phenoxy) is 3. The lowest BCUT2D eigenvalue weighted by atomic mass is 9.98. The highest BCUT2D eigenvalue weighted by atomic mass is 32.2. The average Bonchev–Trinajstić information content (AvgIpc) is 2.70. The van der Waals surface area contributed by atoms with Crippen molar-refractivity contribution in [3.63, 3.8) is 0 Å². The number of methoxy groups -OCH3 is 1. The van der Waals surface area contributed by atoms with Gasteiger partial charge in [0.15, 0.2) is 4.90 Å². The van der Waals surface area contributed by atoms with Crippen molar-refractivity contribution in [2.24, 2.45) is 0 Å². The zero-order valence-electron chi connectivity index (χ0n) is 16.0. The molecular weight excluding hydrogens is 360 g/mol.